The first-order valence-electron chi connectivity index (χ1n) is 11.2. The van der Waals surface area contributed by atoms with Crippen LogP contribution in [-0.2, 0) is 21.3 Å². The molecular weight excluding hydrogens is 554 g/mol. The van der Waals surface area contributed by atoms with Gasteiger partial charge in [-0.2, -0.15) is 31.4 Å². The Hall–Kier alpha value is -3.82. The van der Waals surface area contributed by atoms with Crippen LogP contribution in [0.5, 0.6) is 11.8 Å². The van der Waals surface area contributed by atoms with Gasteiger partial charge in [-0.25, -0.2) is 8.99 Å². The zero-order chi connectivity index (χ0) is 28.8. The fourth-order valence-corrected chi connectivity index (χ4v) is 4.75. The third-order valence-electron chi connectivity index (χ3n) is 6.30. The molecule has 1 aromatic carbocycles. The van der Waals surface area contributed by atoms with E-state index in [0.717, 1.165) is 25.3 Å². The van der Waals surface area contributed by atoms with Crippen LogP contribution in [0.25, 0.3) is 0 Å². The van der Waals surface area contributed by atoms with Gasteiger partial charge in [0.25, 0.3) is 11.8 Å². The monoisotopic (exact) mass is 574 g/mol. The highest BCUT2D eigenvalue weighted by Gasteiger charge is 2.60. The van der Waals surface area contributed by atoms with Crippen LogP contribution in [-0.4, -0.2) is 42.9 Å². The normalized spacial score (nSPS) is 16.6. The molecule has 2 N–H and O–H groups in total. The Bertz CT molecular complexity index is 1520. The zero-order valence-corrected chi connectivity index (χ0v) is 21.1. The summed E-state index contributed by atoms with van der Waals surface area (Å²) in [7, 11) is -3.16. The molecule has 208 valence electrons. The Labute approximate surface area is 218 Å². The number of halogens is 6. The van der Waals surface area contributed by atoms with Gasteiger partial charge < -0.3 is 10.1 Å². The second-order valence-corrected chi connectivity index (χ2v) is 11.1. The predicted molar refractivity (Wildman–Crippen MR) is 125 cm³/mol. The first-order valence-corrected chi connectivity index (χ1v) is 13.2. The minimum absolute atomic E-state index is 0.0251. The van der Waals surface area contributed by atoms with Crippen LogP contribution in [0.1, 0.15) is 46.6 Å². The van der Waals surface area contributed by atoms with Crippen LogP contribution < -0.4 is 10.1 Å². The molecule has 0 bridgehead atoms. The number of aromatic nitrogens is 4. The second-order valence-electron chi connectivity index (χ2n) is 8.97. The van der Waals surface area contributed by atoms with Crippen LogP contribution in [0.15, 0.2) is 41.3 Å². The summed E-state index contributed by atoms with van der Waals surface area (Å²) in [5, 5.41) is 16.1. The van der Waals surface area contributed by atoms with E-state index in [1.807, 2.05) is 0 Å². The molecule has 2 aromatic heterocycles. The summed E-state index contributed by atoms with van der Waals surface area (Å²) in [6.07, 6.45) is -8.33. The van der Waals surface area contributed by atoms with Crippen molar-refractivity contribution in [1.29, 1.82) is 4.78 Å². The lowest BCUT2D eigenvalue weighted by molar-refractivity contribution is -0.214. The van der Waals surface area contributed by atoms with Crippen LogP contribution in [0, 0.1) is 11.7 Å². The summed E-state index contributed by atoms with van der Waals surface area (Å²) in [5.41, 5.74) is -5.22. The van der Waals surface area contributed by atoms with Crippen molar-refractivity contribution in [3.05, 3.63) is 58.9 Å². The average Bonchev–Trinajstić information content (AvgIpc) is 2.77. The van der Waals surface area contributed by atoms with E-state index in [1.165, 1.54) is 24.3 Å². The number of rotatable bonds is 6. The third kappa shape index (κ3) is 5.51. The van der Waals surface area contributed by atoms with E-state index < -0.39 is 62.0 Å². The SMILES string of the molecule is Cc1c(C(F)(F)F)nnc(Oc2ccc(C3(C(F)(F)F)CCC3)nn2)c1C(=O)Nc1cccc(S(C)(=N)=O)c1. The van der Waals surface area contributed by atoms with Gasteiger partial charge in [0, 0.05) is 22.9 Å². The molecule has 1 atom stereocenters. The van der Waals surface area contributed by atoms with Gasteiger partial charge in [-0.1, -0.05) is 12.5 Å². The molecule has 0 spiro atoms. The molecule has 16 heteroatoms. The standard InChI is InChI=1S/C23H20F6N6O3S/c1-12-17(19(36)31-13-5-3-6-14(11-13)39(2,30)37)20(35-34-18(12)22(24,25)26)38-16-8-7-15(32-33-16)21(9-4-10-21)23(27,28)29/h3,5-8,11,30H,4,9-10H2,1-2H3,(H,31,36). The highest BCUT2D eigenvalue weighted by molar-refractivity contribution is 7.91. The molecule has 39 heavy (non-hydrogen) atoms. The van der Waals surface area contributed by atoms with Crippen molar-refractivity contribution in [3.63, 3.8) is 0 Å². The van der Waals surface area contributed by atoms with Crippen molar-refractivity contribution in [2.45, 2.75) is 48.8 Å². The minimum Gasteiger partial charge on any atom is -0.417 e. The molecule has 0 aliphatic heterocycles. The molecule has 1 amide bonds. The number of amides is 1. The lowest BCUT2D eigenvalue weighted by Gasteiger charge is -2.42. The average molecular weight is 575 g/mol. The highest BCUT2D eigenvalue weighted by atomic mass is 32.2. The lowest BCUT2D eigenvalue weighted by Crippen LogP contribution is -2.48. The molecule has 1 saturated carbocycles. The van der Waals surface area contributed by atoms with Crippen molar-refractivity contribution in [2.75, 3.05) is 11.6 Å². The predicted octanol–water partition coefficient (Wildman–Crippen LogP) is 5.66. The molecule has 4 rings (SSSR count). The van der Waals surface area contributed by atoms with E-state index in [9.17, 15) is 35.3 Å². The summed E-state index contributed by atoms with van der Waals surface area (Å²) in [5.74, 6) is -2.24. The number of hydrogen-bond acceptors (Lipinski definition) is 8. The molecule has 0 saturated heterocycles. The Morgan fingerprint density at radius 1 is 1.05 bits per heavy atom. The second kappa shape index (κ2) is 9.73. The van der Waals surface area contributed by atoms with Crippen molar-refractivity contribution in [1.82, 2.24) is 20.4 Å². The van der Waals surface area contributed by atoms with Crippen LogP contribution in [0.4, 0.5) is 32.0 Å². The molecule has 2 heterocycles. The van der Waals surface area contributed by atoms with Gasteiger partial charge in [-0.15, -0.1) is 15.3 Å². The smallest absolute Gasteiger partial charge is 0.417 e. The van der Waals surface area contributed by atoms with E-state index in [1.54, 1.807) is 0 Å². The Morgan fingerprint density at radius 3 is 2.26 bits per heavy atom. The number of benzene rings is 1. The molecule has 3 aromatic rings. The third-order valence-corrected chi connectivity index (χ3v) is 7.46. The summed E-state index contributed by atoms with van der Waals surface area (Å²) in [6.45, 7) is 0.969. The van der Waals surface area contributed by atoms with E-state index in [0.29, 0.717) is 6.42 Å². The molecule has 1 fully saturated rings. The van der Waals surface area contributed by atoms with Crippen LogP contribution >= 0.6 is 0 Å². The molecular formula is C23H20F6N6O3S. The van der Waals surface area contributed by atoms with E-state index in [-0.39, 0.29) is 29.1 Å². The molecule has 0 radical (unpaired) electrons. The van der Waals surface area contributed by atoms with Gasteiger partial charge in [0.05, 0.1) is 15.4 Å². The number of alkyl halides is 6. The fourth-order valence-electron chi connectivity index (χ4n) is 4.06. The van der Waals surface area contributed by atoms with Gasteiger partial charge in [-0.3, -0.25) is 4.79 Å². The maximum Gasteiger partial charge on any atom is 0.435 e. The Kier molecular flexibility index (Phi) is 7.04. The highest BCUT2D eigenvalue weighted by Crippen LogP contribution is 2.53. The molecule has 1 unspecified atom stereocenters. The van der Waals surface area contributed by atoms with Crippen molar-refractivity contribution in [3.8, 4) is 11.8 Å². The number of hydrogen-bond donors (Lipinski definition) is 2. The van der Waals surface area contributed by atoms with E-state index in [2.05, 4.69) is 25.7 Å². The largest absolute Gasteiger partial charge is 0.435 e. The van der Waals surface area contributed by atoms with Crippen molar-refractivity contribution < 1.29 is 40.1 Å². The number of nitrogens with one attached hydrogen (secondary N) is 2. The summed E-state index contributed by atoms with van der Waals surface area (Å²) >= 11 is 0. The van der Waals surface area contributed by atoms with E-state index >= 15 is 0 Å². The van der Waals surface area contributed by atoms with Gasteiger partial charge >= 0.3 is 12.4 Å². The molecule has 9 nitrogen and oxygen atoms in total. The maximum absolute atomic E-state index is 13.6. The van der Waals surface area contributed by atoms with Crippen LogP contribution in [0.2, 0.25) is 0 Å². The number of carbonyl (C=O) groups excluding carboxylic acids is 1. The number of ether oxygens (including phenoxy) is 1. The quantitative estimate of drug-likeness (QED) is 0.364. The number of nitrogens with zero attached hydrogens (tertiary/aromatic N) is 4. The topological polar surface area (TPSA) is 131 Å². The lowest BCUT2D eigenvalue weighted by atomic mass is 9.66. The Balaban J connectivity index is 1.69. The van der Waals surface area contributed by atoms with Crippen LogP contribution in [0.3, 0.4) is 0 Å². The first-order chi connectivity index (χ1) is 18.0. The Morgan fingerprint density at radius 2 is 1.74 bits per heavy atom. The molecule has 1 aliphatic rings. The fraction of sp³-hybridized carbons (Fsp3) is 0.348. The molecule has 1 aliphatic carbocycles. The zero-order valence-electron chi connectivity index (χ0n) is 20.3. The maximum atomic E-state index is 13.6. The van der Waals surface area contributed by atoms with Crippen molar-refractivity contribution in [2.24, 2.45) is 0 Å². The van der Waals surface area contributed by atoms with Gasteiger partial charge in [0.1, 0.15) is 11.0 Å². The summed E-state index contributed by atoms with van der Waals surface area (Å²) in [6, 6.07) is 7.46. The van der Waals surface area contributed by atoms with Crippen molar-refractivity contribution >= 4 is 21.3 Å². The van der Waals surface area contributed by atoms with Gasteiger partial charge in [0.15, 0.2) is 5.69 Å². The summed E-state index contributed by atoms with van der Waals surface area (Å²) < 4.78 is 106. The van der Waals surface area contributed by atoms with E-state index in [4.69, 9.17) is 9.52 Å². The van der Waals surface area contributed by atoms with Gasteiger partial charge in [-0.05, 0) is 49.6 Å². The first kappa shape index (κ1) is 28.2. The minimum atomic E-state index is -4.97. The summed E-state index contributed by atoms with van der Waals surface area (Å²) in [4.78, 5) is 13.2. The van der Waals surface area contributed by atoms with Gasteiger partial charge in [0.2, 0.25) is 5.88 Å². The number of carbonyl (C=O) groups is 1. The number of anilines is 1.